The normalized spacial score (nSPS) is 12.5. The number of carbonyl (C=O) groups excluding carboxylic acids is 1. The molecule has 0 aliphatic carbocycles. The second-order valence-corrected chi connectivity index (χ2v) is 4.96. The topological polar surface area (TPSA) is 68.0 Å². The van der Waals surface area contributed by atoms with Gasteiger partial charge in [0, 0.05) is 18.0 Å². The molecule has 110 valence electrons. The van der Waals surface area contributed by atoms with Crippen LogP contribution in [0.2, 0.25) is 5.02 Å². The van der Waals surface area contributed by atoms with Crippen LogP contribution in [0.5, 0.6) is 0 Å². The van der Waals surface area contributed by atoms with Crippen LogP contribution < -0.4 is 5.32 Å². The molecule has 0 aliphatic heterocycles. The Morgan fingerprint density at radius 1 is 1.43 bits per heavy atom. The number of aryl methyl sites for hydroxylation is 1. The van der Waals surface area contributed by atoms with Gasteiger partial charge in [0.05, 0.1) is 6.04 Å². The standard InChI is InChI=1S/C15H16ClN3O2/c1-3-13(15-17-10(2)21-19-15)18-14(20)9-6-11-4-7-12(16)8-5-11/h4-9,13H,3H2,1-2H3,(H,18,20)/b9-6-/t13-/m1/s1. The van der Waals surface area contributed by atoms with Gasteiger partial charge in [-0.15, -0.1) is 0 Å². The molecular weight excluding hydrogens is 290 g/mol. The summed E-state index contributed by atoms with van der Waals surface area (Å²) < 4.78 is 4.93. The zero-order valence-electron chi connectivity index (χ0n) is 11.8. The van der Waals surface area contributed by atoms with Gasteiger partial charge in [-0.3, -0.25) is 4.79 Å². The van der Waals surface area contributed by atoms with Gasteiger partial charge in [0.15, 0.2) is 5.82 Å². The molecule has 2 aromatic rings. The lowest BCUT2D eigenvalue weighted by molar-refractivity contribution is -0.117. The van der Waals surface area contributed by atoms with Gasteiger partial charge in [-0.1, -0.05) is 35.8 Å². The molecule has 0 saturated carbocycles. The highest BCUT2D eigenvalue weighted by atomic mass is 35.5. The fraction of sp³-hybridized carbons (Fsp3) is 0.267. The Kier molecular flexibility index (Phi) is 5.11. The van der Waals surface area contributed by atoms with E-state index in [9.17, 15) is 4.79 Å². The smallest absolute Gasteiger partial charge is 0.244 e. The van der Waals surface area contributed by atoms with Crippen LogP contribution in [0.4, 0.5) is 0 Å². The van der Waals surface area contributed by atoms with E-state index in [1.807, 2.05) is 19.1 Å². The van der Waals surface area contributed by atoms with E-state index in [1.54, 1.807) is 25.1 Å². The third-order valence-corrected chi connectivity index (χ3v) is 3.13. The van der Waals surface area contributed by atoms with E-state index < -0.39 is 0 Å². The Balaban J connectivity index is 1.98. The average molecular weight is 306 g/mol. The van der Waals surface area contributed by atoms with Gasteiger partial charge in [-0.25, -0.2) is 0 Å². The third kappa shape index (κ3) is 4.43. The summed E-state index contributed by atoms with van der Waals surface area (Å²) in [6, 6.07) is 6.97. The molecule has 5 nitrogen and oxygen atoms in total. The largest absolute Gasteiger partial charge is 0.342 e. The number of carbonyl (C=O) groups is 1. The summed E-state index contributed by atoms with van der Waals surface area (Å²) in [6.07, 6.45) is 3.87. The van der Waals surface area contributed by atoms with Crippen molar-refractivity contribution in [1.29, 1.82) is 0 Å². The Morgan fingerprint density at radius 2 is 2.14 bits per heavy atom. The Hall–Kier alpha value is -2.14. The molecule has 0 radical (unpaired) electrons. The number of aromatic nitrogens is 2. The van der Waals surface area contributed by atoms with Gasteiger partial charge in [-0.05, 0) is 30.2 Å². The minimum absolute atomic E-state index is 0.209. The van der Waals surface area contributed by atoms with E-state index in [0.717, 1.165) is 5.56 Å². The minimum Gasteiger partial charge on any atom is -0.342 e. The lowest BCUT2D eigenvalue weighted by atomic mass is 10.2. The molecule has 2 rings (SSSR count). The summed E-state index contributed by atoms with van der Waals surface area (Å²) in [5.74, 6) is 0.761. The zero-order chi connectivity index (χ0) is 15.2. The average Bonchev–Trinajstić information content (AvgIpc) is 2.90. The zero-order valence-corrected chi connectivity index (χ0v) is 12.6. The molecule has 0 bridgehead atoms. The highest BCUT2D eigenvalue weighted by Gasteiger charge is 2.16. The number of rotatable bonds is 5. The molecule has 0 fully saturated rings. The van der Waals surface area contributed by atoms with Gasteiger partial charge >= 0.3 is 0 Å². The van der Waals surface area contributed by atoms with E-state index in [4.69, 9.17) is 16.1 Å². The summed E-state index contributed by atoms with van der Waals surface area (Å²) in [6.45, 7) is 3.66. The van der Waals surface area contributed by atoms with Crippen LogP contribution in [0.25, 0.3) is 6.08 Å². The summed E-state index contributed by atoms with van der Waals surface area (Å²) >= 11 is 5.81. The van der Waals surface area contributed by atoms with Crippen molar-refractivity contribution in [2.24, 2.45) is 0 Å². The van der Waals surface area contributed by atoms with Gasteiger partial charge < -0.3 is 9.84 Å². The van der Waals surface area contributed by atoms with E-state index in [1.165, 1.54) is 6.08 Å². The summed E-state index contributed by atoms with van der Waals surface area (Å²) in [7, 11) is 0. The minimum atomic E-state index is -0.259. The molecule has 1 N–H and O–H groups in total. The number of hydrogen-bond donors (Lipinski definition) is 1. The van der Waals surface area contributed by atoms with Crippen molar-refractivity contribution in [3.8, 4) is 0 Å². The lowest BCUT2D eigenvalue weighted by Gasteiger charge is -2.11. The van der Waals surface area contributed by atoms with Crippen molar-refractivity contribution in [3.05, 3.63) is 52.6 Å². The molecule has 1 amide bonds. The number of hydrogen-bond acceptors (Lipinski definition) is 4. The second kappa shape index (κ2) is 7.04. The van der Waals surface area contributed by atoms with E-state index >= 15 is 0 Å². The van der Waals surface area contributed by atoms with Crippen LogP contribution in [0, 0.1) is 6.92 Å². The second-order valence-electron chi connectivity index (χ2n) is 4.53. The fourth-order valence-electron chi connectivity index (χ4n) is 1.77. The number of halogens is 1. The summed E-state index contributed by atoms with van der Waals surface area (Å²) in [5.41, 5.74) is 0.901. The lowest BCUT2D eigenvalue weighted by Crippen LogP contribution is -2.27. The maximum Gasteiger partial charge on any atom is 0.244 e. The Bertz CT molecular complexity index is 635. The quantitative estimate of drug-likeness (QED) is 0.861. The van der Waals surface area contributed by atoms with Crippen molar-refractivity contribution < 1.29 is 9.32 Å². The summed E-state index contributed by atoms with van der Waals surface area (Å²) in [4.78, 5) is 16.1. The van der Waals surface area contributed by atoms with Crippen molar-refractivity contribution >= 4 is 23.6 Å². The van der Waals surface area contributed by atoms with Crippen molar-refractivity contribution in [2.45, 2.75) is 26.3 Å². The van der Waals surface area contributed by atoms with E-state index in [-0.39, 0.29) is 11.9 Å². The maximum atomic E-state index is 11.9. The van der Waals surface area contributed by atoms with E-state index in [0.29, 0.717) is 23.2 Å². The molecule has 1 aromatic carbocycles. The predicted molar refractivity (Wildman–Crippen MR) is 80.7 cm³/mol. The molecule has 6 heteroatoms. The van der Waals surface area contributed by atoms with Crippen LogP contribution >= 0.6 is 11.6 Å². The Labute approximate surface area is 128 Å². The van der Waals surface area contributed by atoms with E-state index in [2.05, 4.69) is 15.5 Å². The first kappa shape index (κ1) is 15.3. The first-order valence-corrected chi connectivity index (χ1v) is 7.00. The number of benzene rings is 1. The highest BCUT2D eigenvalue weighted by molar-refractivity contribution is 6.30. The van der Waals surface area contributed by atoms with Crippen LogP contribution in [-0.2, 0) is 4.79 Å². The molecule has 0 unspecified atom stereocenters. The molecule has 0 aliphatic rings. The van der Waals surface area contributed by atoms with Crippen LogP contribution in [-0.4, -0.2) is 16.0 Å². The first-order valence-electron chi connectivity index (χ1n) is 6.63. The maximum absolute atomic E-state index is 11.9. The summed E-state index contributed by atoms with van der Waals surface area (Å²) in [5, 5.41) is 7.33. The fourth-order valence-corrected chi connectivity index (χ4v) is 1.90. The van der Waals surface area contributed by atoms with Gasteiger partial charge in [0.25, 0.3) is 0 Å². The van der Waals surface area contributed by atoms with Gasteiger partial charge in [-0.2, -0.15) is 4.98 Å². The number of nitrogens with one attached hydrogen (secondary N) is 1. The first-order chi connectivity index (χ1) is 10.1. The SMILES string of the molecule is CC[C@@H](NC(=O)/C=C\c1ccc(Cl)cc1)c1noc(C)n1. The monoisotopic (exact) mass is 305 g/mol. The molecule has 1 atom stereocenters. The molecule has 1 heterocycles. The van der Waals surface area contributed by atoms with Crippen molar-refractivity contribution in [1.82, 2.24) is 15.5 Å². The number of amides is 1. The molecule has 0 spiro atoms. The third-order valence-electron chi connectivity index (χ3n) is 2.88. The Morgan fingerprint density at radius 3 is 2.71 bits per heavy atom. The molecule has 1 aromatic heterocycles. The number of nitrogens with zero attached hydrogens (tertiary/aromatic N) is 2. The molecular formula is C15H16ClN3O2. The molecule has 21 heavy (non-hydrogen) atoms. The van der Waals surface area contributed by atoms with Crippen LogP contribution in [0.1, 0.15) is 36.7 Å². The van der Waals surface area contributed by atoms with Crippen molar-refractivity contribution in [2.75, 3.05) is 0 Å². The van der Waals surface area contributed by atoms with Crippen LogP contribution in [0.15, 0.2) is 34.9 Å². The van der Waals surface area contributed by atoms with Crippen molar-refractivity contribution in [3.63, 3.8) is 0 Å². The van der Waals surface area contributed by atoms with Gasteiger partial charge in [0.2, 0.25) is 11.8 Å². The highest BCUT2D eigenvalue weighted by Crippen LogP contribution is 2.13. The molecule has 0 saturated heterocycles. The van der Waals surface area contributed by atoms with Gasteiger partial charge in [0.1, 0.15) is 0 Å². The predicted octanol–water partition coefficient (Wildman–Crippen LogP) is 3.31. The van der Waals surface area contributed by atoms with Crippen LogP contribution in [0.3, 0.4) is 0 Å².